The van der Waals surface area contributed by atoms with Crippen LogP contribution in [-0.2, 0) is 6.42 Å². The number of fused-ring (bicyclic) bond motifs is 1. The van der Waals surface area contributed by atoms with E-state index in [1.54, 1.807) is 7.11 Å². The van der Waals surface area contributed by atoms with E-state index in [4.69, 9.17) is 19.9 Å². The quantitative estimate of drug-likeness (QED) is 0.840. The van der Waals surface area contributed by atoms with E-state index < -0.39 is 0 Å². The minimum absolute atomic E-state index is 0.593. The molecule has 0 bridgehead atoms. The molecule has 1 aliphatic heterocycles. The van der Waals surface area contributed by atoms with Gasteiger partial charge in [-0.05, 0) is 24.6 Å². The van der Waals surface area contributed by atoms with Crippen LogP contribution in [0, 0.1) is 0 Å². The highest BCUT2D eigenvalue weighted by molar-refractivity contribution is 5.56. The lowest BCUT2D eigenvalue weighted by molar-refractivity contribution is 0.288. The summed E-state index contributed by atoms with van der Waals surface area (Å²) in [6.45, 7) is 1.94. The largest absolute Gasteiger partial charge is 0.492 e. The second-order valence-corrected chi connectivity index (χ2v) is 3.67. The Balaban J connectivity index is 2.41. The van der Waals surface area contributed by atoms with Gasteiger partial charge in [0.1, 0.15) is 0 Å². The average molecular weight is 223 g/mol. The highest BCUT2D eigenvalue weighted by atomic mass is 16.5. The van der Waals surface area contributed by atoms with Crippen molar-refractivity contribution >= 4 is 0 Å². The van der Waals surface area contributed by atoms with E-state index in [0.29, 0.717) is 25.5 Å². The van der Waals surface area contributed by atoms with Crippen LogP contribution in [-0.4, -0.2) is 26.9 Å². The van der Waals surface area contributed by atoms with E-state index in [1.165, 1.54) is 0 Å². The first-order chi connectivity index (χ1) is 7.86. The molecule has 0 saturated carbocycles. The highest BCUT2D eigenvalue weighted by Crippen LogP contribution is 2.41. The fourth-order valence-electron chi connectivity index (χ4n) is 1.83. The Morgan fingerprint density at radius 2 is 2.12 bits per heavy atom. The van der Waals surface area contributed by atoms with Crippen molar-refractivity contribution < 1.29 is 14.2 Å². The maximum atomic E-state index is 5.67. The van der Waals surface area contributed by atoms with Gasteiger partial charge in [0, 0.05) is 6.42 Å². The number of ether oxygens (including phenoxy) is 3. The Labute approximate surface area is 95.3 Å². The summed E-state index contributed by atoms with van der Waals surface area (Å²) in [7, 11) is 1.64. The standard InChI is InChI=1S/C12H17NO3/c1-14-11-9(5-6-13)3-4-10-12(11)16-8-2-7-15-10/h3-4H,2,5-8,13H2,1H3. The molecule has 2 N–H and O–H groups in total. The highest BCUT2D eigenvalue weighted by Gasteiger charge is 2.18. The van der Waals surface area contributed by atoms with Crippen LogP contribution in [0.15, 0.2) is 12.1 Å². The SMILES string of the molecule is COc1c(CCN)ccc2c1OCCCO2. The fourth-order valence-corrected chi connectivity index (χ4v) is 1.83. The molecule has 0 atom stereocenters. The zero-order valence-corrected chi connectivity index (χ0v) is 9.49. The van der Waals surface area contributed by atoms with Gasteiger partial charge in [-0.1, -0.05) is 6.07 Å². The van der Waals surface area contributed by atoms with Crippen LogP contribution in [0.25, 0.3) is 0 Å². The van der Waals surface area contributed by atoms with E-state index in [1.807, 2.05) is 12.1 Å². The number of methoxy groups -OCH3 is 1. The Kier molecular flexibility index (Phi) is 3.51. The Morgan fingerprint density at radius 1 is 1.31 bits per heavy atom. The number of benzene rings is 1. The predicted octanol–water partition coefficient (Wildman–Crippen LogP) is 1.36. The second-order valence-electron chi connectivity index (χ2n) is 3.67. The van der Waals surface area contributed by atoms with Crippen molar-refractivity contribution in [2.45, 2.75) is 12.8 Å². The van der Waals surface area contributed by atoms with Crippen molar-refractivity contribution in [2.75, 3.05) is 26.9 Å². The Morgan fingerprint density at radius 3 is 2.88 bits per heavy atom. The number of rotatable bonds is 3. The lowest BCUT2D eigenvalue weighted by Crippen LogP contribution is -2.05. The molecule has 1 aromatic carbocycles. The van der Waals surface area contributed by atoms with E-state index in [9.17, 15) is 0 Å². The first-order valence-corrected chi connectivity index (χ1v) is 5.52. The molecule has 1 aromatic rings. The van der Waals surface area contributed by atoms with Gasteiger partial charge >= 0.3 is 0 Å². The van der Waals surface area contributed by atoms with Crippen LogP contribution in [0.1, 0.15) is 12.0 Å². The van der Waals surface area contributed by atoms with Gasteiger partial charge in [0.2, 0.25) is 5.75 Å². The van der Waals surface area contributed by atoms with Crippen molar-refractivity contribution in [1.29, 1.82) is 0 Å². The van der Waals surface area contributed by atoms with Crippen molar-refractivity contribution in [3.05, 3.63) is 17.7 Å². The van der Waals surface area contributed by atoms with Crippen LogP contribution in [0.4, 0.5) is 0 Å². The molecule has 1 heterocycles. The molecular formula is C12H17NO3. The summed E-state index contributed by atoms with van der Waals surface area (Å²) in [5, 5.41) is 0. The normalized spacial score (nSPS) is 14.4. The molecule has 0 spiro atoms. The van der Waals surface area contributed by atoms with Crippen molar-refractivity contribution in [3.8, 4) is 17.2 Å². The van der Waals surface area contributed by atoms with Gasteiger partial charge in [-0.3, -0.25) is 0 Å². The van der Waals surface area contributed by atoms with Crippen molar-refractivity contribution in [3.63, 3.8) is 0 Å². The second kappa shape index (κ2) is 5.07. The first kappa shape index (κ1) is 11.1. The maximum Gasteiger partial charge on any atom is 0.203 e. The minimum Gasteiger partial charge on any atom is -0.492 e. The molecular weight excluding hydrogens is 206 g/mol. The number of nitrogens with two attached hydrogens (primary N) is 1. The zero-order chi connectivity index (χ0) is 11.4. The summed E-state index contributed by atoms with van der Waals surface area (Å²) in [5.41, 5.74) is 6.63. The van der Waals surface area contributed by atoms with Crippen molar-refractivity contribution in [1.82, 2.24) is 0 Å². The van der Waals surface area contributed by atoms with Crippen LogP contribution in [0.3, 0.4) is 0 Å². The predicted molar refractivity (Wildman–Crippen MR) is 61.4 cm³/mol. The first-order valence-electron chi connectivity index (χ1n) is 5.52. The molecule has 0 amide bonds. The summed E-state index contributed by atoms with van der Waals surface area (Å²) in [5.74, 6) is 2.23. The third-order valence-electron chi connectivity index (χ3n) is 2.57. The van der Waals surface area contributed by atoms with Crippen LogP contribution in [0.5, 0.6) is 17.2 Å². The lowest BCUT2D eigenvalue weighted by atomic mass is 10.1. The number of hydrogen-bond acceptors (Lipinski definition) is 4. The van der Waals surface area contributed by atoms with E-state index in [-0.39, 0.29) is 0 Å². The Hall–Kier alpha value is -1.42. The summed E-state index contributed by atoms with van der Waals surface area (Å²) in [4.78, 5) is 0. The fraction of sp³-hybridized carbons (Fsp3) is 0.500. The summed E-state index contributed by atoms with van der Waals surface area (Å²) < 4.78 is 16.6. The maximum absolute atomic E-state index is 5.67. The molecule has 2 rings (SSSR count). The van der Waals surface area contributed by atoms with Gasteiger partial charge < -0.3 is 19.9 Å². The number of hydrogen-bond donors (Lipinski definition) is 1. The van der Waals surface area contributed by atoms with Gasteiger partial charge in [0.25, 0.3) is 0 Å². The smallest absolute Gasteiger partial charge is 0.203 e. The third-order valence-corrected chi connectivity index (χ3v) is 2.57. The summed E-state index contributed by atoms with van der Waals surface area (Å²) >= 11 is 0. The summed E-state index contributed by atoms with van der Waals surface area (Å²) in [6.07, 6.45) is 1.67. The van der Waals surface area contributed by atoms with E-state index >= 15 is 0 Å². The van der Waals surface area contributed by atoms with E-state index in [2.05, 4.69) is 0 Å². The molecule has 4 nitrogen and oxygen atoms in total. The Bertz CT molecular complexity index is 366. The third kappa shape index (κ3) is 2.07. The molecule has 0 aromatic heterocycles. The van der Waals surface area contributed by atoms with E-state index in [0.717, 1.165) is 29.9 Å². The monoisotopic (exact) mass is 223 g/mol. The molecule has 0 radical (unpaired) electrons. The van der Waals surface area contributed by atoms with Crippen LogP contribution >= 0.6 is 0 Å². The van der Waals surface area contributed by atoms with Gasteiger partial charge in [0.15, 0.2) is 11.5 Å². The minimum atomic E-state index is 0.593. The van der Waals surface area contributed by atoms with Gasteiger partial charge in [-0.25, -0.2) is 0 Å². The van der Waals surface area contributed by atoms with Gasteiger partial charge in [0.05, 0.1) is 20.3 Å². The molecule has 0 aliphatic carbocycles. The molecule has 0 saturated heterocycles. The molecule has 16 heavy (non-hydrogen) atoms. The van der Waals surface area contributed by atoms with Crippen LogP contribution < -0.4 is 19.9 Å². The zero-order valence-electron chi connectivity index (χ0n) is 9.49. The summed E-state index contributed by atoms with van der Waals surface area (Å²) in [6, 6.07) is 3.91. The average Bonchev–Trinajstić information content (AvgIpc) is 2.54. The molecule has 88 valence electrons. The lowest BCUT2D eigenvalue weighted by Gasteiger charge is -2.15. The topological polar surface area (TPSA) is 53.7 Å². The van der Waals surface area contributed by atoms with Gasteiger partial charge in [-0.2, -0.15) is 0 Å². The molecule has 0 unspecified atom stereocenters. The van der Waals surface area contributed by atoms with Crippen molar-refractivity contribution in [2.24, 2.45) is 5.73 Å². The van der Waals surface area contributed by atoms with Crippen LogP contribution in [0.2, 0.25) is 0 Å². The molecule has 4 heteroatoms. The van der Waals surface area contributed by atoms with Gasteiger partial charge in [-0.15, -0.1) is 0 Å². The molecule has 1 aliphatic rings. The molecule has 0 fully saturated rings.